The van der Waals surface area contributed by atoms with Gasteiger partial charge in [0, 0.05) is 6.54 Å². The summed E-state index contributed by atoms with van der Waals surface area (Å²) in [5, 5.41) is 6.70. The minimum absolute atomic E-state index is 0.0724. The van der Waals surface area contributed by atoms with Gasteiger partial charge in [0.2, 0.25) is 0 Å². The molecule has 0 unspecified atom stereocenters. The highest BCUT2D eigenvalue weighted by Gasteiger charge is 2.39. The van der Waals surface area contributed by atoms with Crippen LogP contribution >= 0.6 is 0 Å². The first-order valence-corrected chi connectivity index (χ1v) is 8.60. The second-order valence-electron chi connectivity index (χ2n) is 7.90. The predicted molar refractivity (Wildman–Crippen MR) is 85.4 cm³/mol. The molecule has 0 aromatic heterocycles. The lowest BCUT2D eigenvalue weighted by Crippen LogP contribution is -2.60. The summed E-state index contributed by atoms with van der Waals surface area (Å²) in [5.41, 5.74) is -0.498. The van der Waals surface area contributed by atoms with Crippen LogP contribution in [0.4, 0.5) is 4.79 Å². The molecule has 122 valence electrons. The van der Waals surface area contributed by atoms with Crippen molar-refractivity contribution >= 4 is 6.09 Å². The number of amides is 1. The fourth-order valence-corrected chi connectivity index (χ4v) is 3.38. The Morgan fingerprint density at radius 2 is 1.81 bits per heavy atom. The third-order valence-electron chi connectivity index (χ3n) is 4.70. The van der Waals surface area contributed by atoms with E-state index in [4.69, 9.17) is 4.74 Å². The summed E-state index contributed by atoms with van der Waals surface area (Å²) < 4.78 is 5.39. The Bertz CT molecular complexity index is 339. The SMILES string of the molecule is CC(C)(C)OC(=O)NC1(CNCC2CCCCC2)CCC1. The Morgan fingerprint density at radius 3 is 2.33 bits per heavy atom. The van der Waals surface area contributed by atoms with Crippen LogP contribution < -0.4 is 10.6 Å². The van der Waals surface area contributed by atoms with Crippen LogP contribution in [0.2, 0.25) is 0 Å². The van der Waals surface area contributed by atoms with Gasteiger partial charge in [0.05, 0.1) is 5.54 Å². The van der Waals surface area contributed by atoms with Crippen molar-refractivity contribution in [2.45, 2.75) is 83.3 Å². The number of hydrogen-bond donors (Lipinski definition) is 2. The Kier molecular flexibility index (Phi) is 5.53. The molecule has 21 heavy (non-hydrogen) atoms. The maximum absolute atomic E-state index is 12.0. The van der Waals surface area contributed by atoms with Crippen LogP contribution in [0.5, 0.6) is 0 Å². The van der Waals surface area contributed by atoms with Crippen LogP contribution in [-0.2, 0) is 4.74 Å². The van der Waals surface area contributed by atoms with Crippen molar-refractivity contribution in [3.63, 3.8) is 0 Å². The van der Waals surface area contributed by atoms with Crippen molar-refractivity contribution < 1.29 is 9.53 Å². The Hall–Kier alpha value is -0.770. The van der Waals surface area contributed by atoms with Gasteiger partial charge >= 0.3 is 6.09 Å². The largest absolute Gasteiger partial charge is 0.444 e. The molecule has 0 aromatic rings. The first-order chi connectivity index (χ1) is 9.89. The molecule has 2 fully saturated rings. The van der Waals surface area contributed by atoms with Crippen molar-refractivity contribution in [3.8, 4) is 0 Å². The lowest BCUT2D eigenvalue weighted by atomic mass is 9.76. The average molecular weight is 296 g/mol. The molecule has 0 saturated heterocycles. The van der Waals surface area contributed by atoms with Crippen molar-refractivity contribution in [2.75, 3.05) is 13.1 Å². The normalized spacial score (nSPS) is 22.4. The number of nitrogens with one attached hydrogen (secondary N) is 2. The number of carbonyl (C=O) groups excluding carboxylic acids is 1. The summed E-state index contributed by atoms with van der Waals surface area (Å²) in [6.45, 7) is 7.69. The maximum atomic E-state index is 12.0. The third kappa shape index (κ3) is 5.50. The molecule has 2 aliphatic rings. The third-order valence-corrected chi connectivity index (χ3v) is 4.70. The molecule has 2 saturated carbocycles. The molecule has 0 spiro atoms. The van der Waals surface area contributed by atoms with Crippen molar-refractivity contribution in [1.29, 1.82) is 0 Å². The van der Waals surface area contributed by atoms with Crippen LogP contribution in [0.3, 0.4) is 0 Å². The van der Waals surface area contributed by atoms with Crippen LogP contribution in [0.15, 0.2) is 0 Å². The molecule has 4 nitrogen and oxygen atoms in total. The highest BCUT2D eigenvalue weighted by atomic mass is 16.6. The number of carbonyl (C=O) groups is 1. The standard InChI is InChI=1S/C17H32N2O2/c1-16(2,3)21-15(20)19-17(10-7-11-17)13-18-12-14-8-5-4-6-9-14/h14,18H,4-13H2,1-3H3,(H,19,20). The second kappa shape index (κ2) is 6.99. The number of ether oxygens (including phenoxy) is 1. The zero-order valence-electron chi connectivity index (χ0n) is 14.0. The van der Waals surface area contributed by atoms with E-state index in [0.717, 1.165) is 31.8 Å². The summed E-state index contributed by atoms with van der Waals surface area (Å²) in [6, 6.07) is 0. The van der Waals surface area contributed by atoms with E-state index in [1.54, 1.807) is 0 Å². The zero-order chi connectivity index (χ0) is 15.3. The topological polar surface area (TPSA) is 50.4 Å². The van der Waals surface area contributed by atoms with Gasteiger partial charge in [0.25, 0.3) is 0 Å². The highest BCUT2D eigenvalue weighted by molar-refractivity contribution is 5.69. The second-order valence-corrected chi connectivity index (χ2v) is 7.90. The fourth-order valence-electron chi connectivity index (χ4n) is 3.38. The summed E-state index contributed by atoms with van der Waals surface area (Å²) in [7, 11) is 0. The fraction of sp³-hybridized carbons (Fsp3) is 0.941. The molecule has 0 radical (unpaired) electrons. The molecule has 0 aliphatic heterocycles. The minimum Gasteiger partial charge on any atom is -0.444 e. The van der Waals surface area contributed by atoms with Crippen LogP contribution in [0.25, 0.3) is 0 Å². The van der Waals surface area contributed by atoms with Gasteiger partial charge in [0.15, 0.2) is 0 Å². The van der Waals surface area contributed by atoms with Gasteiger partial charge in [-0.25, -0.2) is 4.79 Å². The Labute approximate surface area is 129 Å². The molecular weight excluding hydrogens is 264 g/mol. The van der Waals surface area contributed by atoms with Gasteiger partial charge in [-0.3, -0.25) is 0 Å². The maximum Gasteiger partial charge on any atom is 0.408 e. The van der Waals surface area contributed by atoms with Crippen molar-refractivity contribution in [1.82, 2.24) is 10.6 Å². The highest BCUT2D eigenvalue weighted by Crippen LogP contribution is 2.32. The summed E-state index contributed by atoms with van der Waals surface area (Å²) in [6.07, 6.45) is 9.93. The lowest BCUT2D eigenvalue weighted by molar-refractivity contribution is 0.0381. The van der Waals surface area contributed by atoms with E-state index in [1.165, 1.54) is 38.5 Å². The number of alkyl carbamates (subject to hydrolysis) is 1. The van der Waals surface area contributed by atoms with Crippen LogP contribution in [0, 0.1) is 5.92 Å². The summed E-state index contributed by atoms with van der Waals surface area (Å²) in [4.78, 5) is 12.0. The molecular formula is C17H32N2O2. The first-order valence-electron chi connectivity index (χ1n) is 8.60. The molecule has 4 heteroatoms. The van der Waals surface area contributed by atoms with Gasteiger partial charge < -0.3 is 15.4 Å². The van der Waals surface area contributed by atoms with E-state index in [0.29, 0.717) is 0 Å². The zero-order valence-corrected chi connectivity index (χ0v) is 14.0. The predicted octanol–water partition coefficient (Wildman–Crippen LogP) is 3.60. The summed E-state index contributed by atoms with van der Waals surface area (Å²) in [5.74, 6) is 0.831. The van der Waals surface area contributed by atoms with Gasteiger partial charge in [-0.1, -0.05) is 19.3 Å². The number of hydrogen-bond acceptors (Lipinski definition) is 3. The molecule has 2 aliphatic carbocycles. The van der Waals surface area contributed by atoms with Crippen molar-refractivity contribution in [3.05, 3.63) is 0 Å². The van der Waals surface area contributed by atoms with Gasteiger partial charge in [-0.15, -0.1) is 0 Å². The molecule has 0 heterocycles. The smallest absolute Gasteiger partial charge is 0.408 e. The molecule has 0 atom stereocenters. The van der Waals surface area contributed by atoms with E-state index in [2.05, 4.69) is 10.6 Å². The van der Waals surface area contributed by atoms with Crippen LogP contribution in [-0.4, -0.2) is 30.3 Å². The molecule has 0 aromatic carbocycles. The quantitative estimate of drug-likeness (QED) is 0.815. The van der Waals surface area contributed by atoms with Crippen molar-refractivity contribution in [2.24, 2.45) is 5.92 Å². The Morgan fingerprint density at radius 1 is 1.14 bits per heavy atom. The molecule has 1 amide bonds. The molecule has 0 bridgehead atoms. The van der Waals surface area contributed by atoms with E-state index in [1.807, 2.05) is 20.8 Å². The minimum atomic E-state index is -0.426. The van der Waals surface area contributed by atoms with Crippen LogP contribution in [0.1, 0.15) is 72.1 Å². The molecule has 2 N–H and O–H groups in total. The molecule has 2 rings (SSSR count). The monoisotopic (exact) mass is 296 g/mol. The van der Waals surface area contributed by atoms with E-state index < -0.39 is 5.60 Å². The summed E-state index contributed by atoms with van der Waals surface area (Å²) >= 11 is 0. The average Bonchev–Trinajstić information content (AvgIpc) is 2.34. The van der Waals surface area contributed by atoms with E-state index in [-0.39, 0.29) is 11.6 Å². The van der Waals surface area contributed by atoms with Gasteiger partial charge in [-0.2, -0.15) is 0 Å². The van der Waals surface area contributed by atoms with E-state index >= 15 is 0 Å². The lowest BCUT2D eigenvalue weighted by Gasteiger charge is -2.43. The first kappa shape index (κ1) is 16.6. The van der Waals surface area contributed by atoms with Gasteiger partial charge in [0.1, 0.15) is 5.60 Å². The van der Waals surface area contributed by atoms with E-state index in [9.17, 15) is 4.79 Å². The number of rotatable bonds is 5. The Balaban J connectivity index is 1.72. The van der Waals surface area contributed by atoms with Gasteiger partial charge in [-0.05, 0) is 65.3 Å².